The lowest BCUT2D eigenvalue weighted by molar-refractivity contribution is -0.118. The van der Waals surface area contributed by atoms with E-state index in [4.69, 9.17) is 23.1 Å². The summed E-state index contributed by atoms with van der Waals surface area (Å²) in [7, 11) is 0. The molecule has 13 heteroatoms. The fraction of sp³-hybridized carbons (Fsp3) is 0.568. The van der Waals surface area contributed by atoms with Gasteiger partial charge in [0.1, 0.15) is 22.6 Å². The molecular formula is C37H57ClN10O2. The predicted octanol–water partition coefficient (Wildman–Crippen LogP) is 8.74. The molecule has 0 saturated carbocycles. The van der Waals surface area contributed by atoms with E-state index >= 15 is 0 Å². The van der Waals surface area contributed by atoms with Gasteiger partial charge in [-0.1, -0.05) is 71.4 Å². The number of nitrogens with one attached hydrogen (secondary N) is 2. The summed E-state index contributed by atoms with van der Waals surface area (Å²) in [4.78, 5) is 48.8. The average molecular weight is 709 g/mol. The standard InChI is InChI=1S/C18H26ClN5O.C18H27N5O.CH4/c1-4-5-6-8-18(3,9-7-12(2)25)24-16-15-14(22-17(20)23-16)10-13(19)11-21-15;1-4-5-6-10-18(3,11-9-13(2)24)23-16-15-14(8-7-12-20-15)21-17(19)22-16;/h10-11H,4-9H2,1-3H3,(H3,20,22,23,24);7-8,12H,4-6,9-11H2,1-3H3,(H3,19,21,22,23);1H4/t2*18-;/m11./s1. The van der Waals surface area contributed by atoms with Crippen LogP contribution in [0.1, 0.15) is 126 Å². The summed E-state index contributed by atoms with van der Waals surface area (Å²) in [6.45, 7) is 11.9. The number of hydrogen-bond acceptors (Lipinski definition) is 12. The van der Waals surface area contributed by atoms with E-state index < -0.39 is 0 Å². The Bertz CT molecular complexity index is 1700. The van der Waals surface area contributed by atoms with E-state index in [1.807, 2.05) is 12.1 Å². The van der Waals surface area contributed by atoms with Crippen LogP contribution in [0, 0.1) is 0 Å². The summed E-state index contributed by atoms with van der Waals surface area (Å²) >= 11 is 6.00. The third-order valence-corrected chi connectivity index (χ3v) is 8.76. The Balaban J connectivity index is 0.000000340. The number of aromatic nitrogens is 6. The highest BCUT2D eigenvalue weighted by Crippen LogP contribution is 2.31. The van der Waals surface area contributed by atoms with Crippen LogP contribution in [-0.2, 0) is 9.59 Å². The summed E-state index contributed by atoms with van der Waals surface area (Å²) < 4.78 is 0. The largest absolute Gasteiger partial charge is 0.368 e. The molecule has 0 radical (unpaired) electrons. The molecule has 0 amide bonds. The topological polar surface area (TPSA) is 188 Å². The van der Waals surface area contributed by atoms with E-state index in [1.165, 1.54) is 6.42 Å². The molecule has 274 valence electrons. The van der Waals surface area contributed by atoms with Gasteiger partial charge in [-0.25, -0.2) is 15.0 Å². The predicted molar refractivity (Wildman–Crippen MR) is 207 cm³/mol. The van der Waals surface area contributed by atoms with Crippen LogP contribution in [0.2, 0.25) is 5.02 Å². The molecule has 0 aliphatic carbocycles. The van der Waals surface area contributed by atoms with E-state index in [1.54, 1.807) is 32.3 Å². The molecule has 6 N–H and O–H groups in total. The van der Waals surface area contributed by atoms with Gasteiger partial charge < -0.3 is 31.7 Å². The molecule has 0 saturated heterocycles. The summed E-state index contributed by atoms with van der Waals surface area (Å²) in [6, 6.07) is 5.42. The molecule has 0 unspecified atom stereocenters. The first-order valence-electron chi connectivity index (χ1n) is 17.3. The lowest BCUT2D eigenvalue weighted by Gasteiger charge is -2.32. The minimum atomic E-state index is -0.268. The lowest BCUT2D eigenvalue weighted by atomic mass is 9.88. The van der Waals surface area contributed by atoms with Crippen LogP contribution in [0.25, 0.3) is 22.1 Å². The van der Waals surface area contributed by atoms with E-state index in [2.05, 4.69) is 68.2 Å². The van der Waals surface area contributed by atoms with Crippen molar-refractivity contribution in [2.24, 2.45) is 0 Å². The average Bonchev–Trinajstić information content (AvgIpc) is 3.03. The van der Waals surface area contributed by atoms with Crippen molar-refractivity contribution in [3.8, 4) is 0 Å². The van der Waals surface area contributed by atoms with Crippen molar-refractivity contribution in [3.05, 3.63) is 35.6 Å². The number of carbonyl (C=O) groups is 2. The minimum absolute atomic E-state index is 0. The highest BCUT2D eigenvalue weighted by atomic mass is 35.5. The van der Waals surface area contributed by atoms with Crippen LogP contribution in [0.4, 0.5) is 23.5 Å². The number of hydrogen-bond donors (Lipinski definition) is 4. The molecule has 12 nitrogen and oxygen atoms in total. The molecule has 0 aromatic carbocycles. The van der Waals surface area contributed by atoms with Crippen LogP contribution in [0.15, 0.2) is 30.6 Å². The van der Waals surface area contributed by atoms with Crippen LogP contribution >= 0.6 is 11.6 Å². The van der Waals surface area contributed by atoms with Crippen molar-refractivity contribution in [1.29, 1.82) is 0 Å². The van der Waals surface area contributed by atoms with Crippen molar-refractivity contribution in [1.82, 2.24) is 29.9 Å². The molecule has 0 aliphatic heterocycles. The number of halogens is 1. The molecule has 2 atom stereocenters. The summed E-state index contributed by atoms with van der Waals surface area (Å²) in [5.41, 5.74) is 13.8. The Morgan fingerprint density at radius 3 is 1.70 bits per heavy atom. The molecule has 0 bridgehead atoms. The second kappa shape index (κ2) is 19.9. The van der Waals surface area contributed by atoms with Gasteiger partial charge in [-0.15, -0.1) is 0 Å². The maximum absolute atomic E-state index is 11.5. The van der Waals surface area contributed by atoms with Crippen LogP contribution < -0.4 is 22.1 Å². The van der Waals surface area contributed by atoms with Gasteiger partial charge in [-0.3, -0.25) is 4.98 Å². The molecule has 0 spiro atoms. The van der Waals surface area contributed by atoms with Gasteiger partial charge in [-0.05, 0) is 71.6 Å². The molecule has 4 rings (SSSR count). The number of nitrogen functional groups attached to an aromatic ring is 2. The number of carbonyl (C=O) groups excluding carboxylic acids is 2. The molecule has 50 heavy (non-hydrogen) atoms. The lowest BCUT2D eigenvalue weighted by Crippen LogP contribution is -2.36. The van der Waals surface area contributed by atoms with Crippen molar-refractivity contribution in [2.75, 3.05) is 22.1 Å². The molecule has 4 aromatic rings. The molecule has 4 heterocycles. The molecular weight excluding hydrogens is 652 g/mol. The number of nitrogens with zero attached hydrogens (tertiary/aromatic N) is 6. The summed E-state index contributed by atoms with van der Waals surface area (Å²) in [5.74, 6) is 1.99. The number of fused-ring (bicyclic) bond motifs is 2. The number of pyridine rings is 2. The highest BCUT2D eigenvalue weighted by molar-refractivity contribution is 6.31. The minimum Gasteiger partial charge on any atom is -0.368 e. The fourth-order valence-electron chi connectivity index (χ4n) is 5.68. The first kappa shape index (κ1) is 42.0. The van der Waals surface area contributed by atoms with Crippen molar-refractivity contribution >= 4 is 68.8 Å². The summed E-state index contributed by atoms with van der Waals surface area (Å²) in [5, 5.41) is 7.49. The zero-order valence-electron chi connectivity index (χ0n) is 29.9. The van der Waals surface area contributed by atoms with E-state index in [0.717, 1.165) is 63.3 Å². The van der Waals surface area contributed by atoms with Gasteiger partial charge in [0.25, 0.3) is 0 Å². The first-order chi connectivity index (χ1) is 23.3. The maximum atomic E-state index is 11.5. The van der Waals surface area contributed by atoms with E-state index in [-0.39, 0.29) is 42.0 Å². The smallest absolute Gasteiger partial charge is 0.222 e. The van der Waals surface area contributed by atoms with Gasteiger partial charge in [0.15, 0.2) is 11.6 Å². The molecule has 4 aromatic heterocycles. The van der Waals surface area contributed by atoms with Gasteiger partial charge in [0.2, 0.25) is 11.9 Å². The van der Waals surface area contributed by atoms with Gasteiger partial charge in [0, 0.05) is 36.3 Å². The number of anilines is 4. The Kier molecular flexibility index (Phi) is 16.7. The third-order valence-electron chi connectivity index (χ3n) is 8.55. The number of unbranched alkanes of at least 4 members (excludes halogenated alkanes) is 4. The van der Waals surface area contributed by atoms with Crippen LogP contribution in [-0.4, -0.2) is 52.5 Å². The van der Waals surface area contributed by atoms with Crippen molar-refractivity contribution in [3.63, 3.8) is 0 Å². The Labute approximate surface area is 302 Å². The van der Waals surface area contributed by atoms with Gasteiger partial charge in [-0.2, -0.15) is 9.97 Å². The second-order valence-corrected chi connectivity index (χ2v) is 13.9. The quantitative estimate of drug-likeness (QED) is 0.0721. The van der Waals surface area contributed by atoms with E-state index in [0.29, 0.717) is 46.1 Å². The second-order valence-electron chi connectivity index (χ2n) is 13.4. The Hall–Kier alpha value is -4.19. The maximum Gasteiger partial charge on any atom is 0.222 e. The molecule has 0 aliphatic rings. The first-order valence-corrected chi connectivity index (χ1v) is 17.7. The third kappa shape index (κ3) is 13.3. The monoisotopic (exact) mass is 708 g/mol. The number of rotatable bonds is 18. The Morgan fingerprint density at radius 1 is 0.740 bits per heavy atom. The van der Waals surface area contributed by atoms with Crippen LogP contribution in [0.5, 0.6) is 0 Å². The van der Waals surface area contributed by atoms with Crippen molar-refractivity contribution in [2.45, 2.75) is 137 Å². The fourth-order valence-corrected chi connectivity index (χ4v) is 5.83. The van der Waals surface area contributed by atoms with E-state index in [9.17, 15) is 9.59 Å². The Morgan fingerprint density at radius 2 is 1.22 bits per heavy atom. The van der Waals surface area contributed by atoms with Crippen molar-refractivity contribution < 1.29 is 9.59 Å². The molecule has 0 fully saturated rings. The highest BCUT2D eigenvalue weighted by Gasteiger charge is 2.27. The number of Topliss-reactive ketones (excluding diaryl/α,β-unsaturated/α-hetero) is 2. The number of nitrogens with two attached hydrogens (primary N) is 2. The normalized spacial score (nSPS) is 13.3. The number of ketones is 2. The van der Waals surface area contributed by atoms with Gasteiger partial charge in [0.05, 0.1) is 16.1 Å². The SMILES string of the molecule is C.CCCCC[C@](C)(CCC(C)=O)Nc1nc(N)nc2cc(Cl)cnc12.CCCCC[C@](C)(CCC(C)=O)Nc1nc(N)nc2cccnc12. The zero-order valence-corrected chi connectivity index (χ0v) is 30.7. The van der Waals surface area contributed by atoms with Gasteiger partial charge >= 0.3 is 0 Å². The zero-order chi connectivity index (χ0) is 36.0. The summed E-state index contributed by atoms with van der Waals surface area (Å²) in [6.07, 6.45) is 14.5. The van der Waals surface area contributed by atoms with Crippen LogP contribution in [0.3, 0.4) is 0 Å².